The number of imidazole rings is 1. The van der Waals surface area contributed by atoms with Crippen LogP contribution in [0.3, 0.4) is 0 Å². The van der Waals surface area contributed by atoms with Crippen LogP contribution in [0, 0.1) is 11.8 Å². The lowest BCUT2D eigenvalue weighted by Crippen LogP contribution is -2.34. The van der Waals surface area contributed by atoms with E-state index in [0.29, 0.717) is 12.5 Å². The molecule has 1 aliphatic heterocycles. The van der Waals surface area contributed by atoms with E-state index in [4.69, 9.17) is 0 Å². The molecule has 6 nitrogen and oxygen atoms in total. The number of carboxylic acid groups (broad SMARTS) is 1. The largest absolute Gasteiger partial charge is 0.481 e. The summed E-state index contributed by atoms with van der Waals surface area (Å²) in [5.74, 6) is -1.42. The van der Waals surface area contributed by atoms with Crippen LogP contribution in [-0.2, 0) is 9.59 Å². The quantitative estimate of drug-likeness (QED) is 0.902. The van der Waals surface area contributed by atoms with Gasteiger partial charge in [0.15, 0.2) is 0 Å². The Bertz CT molecular complexity index is 536. The van der Waals surface area contributed by atoms with Gasteiger partial charge < -0.3 is 14.6 Å². The predicted molar refractivity (Wildman–Crippen MR) is 77.6 cm³/mol. The predicted octanol–water partition coefficient (Wildman–Crippen LogP) is 2.09. The first-order chi connectivity index (χ1) is 9.82. The van der Waals surface area contributed by atoms with Crippen LogP contribution in [0.4, 0.5) is 0 Å². The minimum Gasteiger partial charge on any atom is -0.481 e. The summed E-state index contributed by atoms with van der Waals surface area (Å²) in [6.45, 7) is 8.65. The van der Waals surface area contributed by atoms with Crippen molar-refractivity contribution in [2.75, 3.05) is 6.54 Å². The number of aliphatic carboxylic acids is 1. The Kier molecular flexibility index (Phi) is 4.34. The first kappa shape index (κ1) is 15.5. The summed E-state index contributed by atoms with van der Waals surface area (Å²) in [6, 6.07) is -0.254. The van der Waals surface area contributed by atoms with Crippen LogP contribution in [0.1, 0.15) is 51.9 Å². The summed E-state index contributed by atoms with van der Waals surface area (Å²) < 4.78 is 1.95. The minimum absolute atomic E-state index is 0.0655. The number of likely N-dealkylation sites (tertiary alicyclic amines) is 1. The standard InChI is InChI=1S/C15H23N3O3/c1-9(2)7-17-13(19)5-11(15(20)21)14(17)12-6-16-8-18(12)10(3)4/h6,8-11,14H,5,7H2,1-4H3,(H,20,21). The molecule has 2 rings (SSSR count). The SMILES string of the molecule is CC(C)CN1C(=O)CC(C(=O)O)C1c1cncn1C(C)C. The number of carbonyl (C=O) groups is 2. The summed E-state index contributed by atoms with van der Waals surface area (Å²) >= 11 is 0. The van der Waals surface area contributed by atoms with Crippen LogP contribution in [0.15, 0.2) is 12.5 Å². The molecule has 6 heteroatoms. The molecule has 0 saturated carbocycles. The van der Waals surface area contributed by atoms with Crippen molar-refractivity contribution >= 4 is 11.9 Å². The third kappa shape index (κ3) is 2.94. The van der Waals surface area contributed by atoms with Crippen LogP contribution in [0.5, 0.6) is 0 Å². The second-order valence-corrected chi connectivity index (χ2v) is 6.35. The van der Waals surface area contributed by atoms with Crippen molar-refractivity contribution in [1.82, 2.24) is 14.5 Å². The summed E-state index contributed by atoms with van der Waals surface area (Å²) in [6.07, 6.45) is 3.46. The average Bonchev–Trinajstić information content (AvgIpc) is 2.94. The second-order valence-electron chi connectivity index (χ2n) is 6.35. The van der Waals surface area contributed by atoms with E-state index in [2.05, 4.69) is 4.98 Å². The lowest BCUT2D eigenvalue weighted by molar-refractivity contribution is -0.142. The Morgan fingerprint density at radius 1 is 1.43 bits per heavy atom. The highest BCUT2D eigenvalue weighted by Crippen LogP contribution is 2.39. The number of rotatable bonds is 5. The lowest BCUT2D eigenvalue weighted by atomic mass is 9.97. The Labute approximate surface area is 124 Å². The molecular weight excluding hydrogens is 270 g/mol. The number of aromatic nitrogens is 2. The molecule has 2 heterocycles. The minimum atomic E-state index is -0.920. The number of carboxylic acids is 1. The molecule has 21 heavy (non-hydrogen) atoms. The van der Waals surface area contributed by atoms with Gasteiger partial charge in [0, 0.05) is 19.0 Å². The maximum atomic E-state index is 12.2. The molecule has 1 N–H and O–H groups in total. The topological polar surface area (TPSA) is 75.4 Å². The zero-order valence-corrected chi connectivity index (χ0v) is 13.0. The first-order valence-electron chi connectivity index (χ1n) is 7.37. The number of hydrogen-bond acceptors (Lipinski definition) is 3. The molecule has 0 spiro atoms. The molecule has 116 valence electrons. The summed E-state index contributed by atoms with van der Waals surface area (Å²) in [7, 11) is 0. The lowest BCUT2D eigenvalue weighted by Gasteiger charge is -2.29. The molecule has 2 atom stereocenters. The maximum absolute atomic E-state index is 12.2. The molecule has 1 fully saturated rings. The van der Waals surface area contributed by atoms with Gasteiger partial charge in [-0.2, -0.15) is 0 Å². The second kappa shape index (κ2) is 5.87. The number of hydrogen-bond donors (Lipinski definition) is 1. The molecule has 0 bridgehead atoms. The summed E-state index contributed by atoms with van der Waals surface area (Å²) in [5.41, 5.74) is 0.809. The smallest absolute Gasteiger partial charge is 0.309 e. The van der Waals surface area contributed by atoms with Gasteiger partial charge in [0.25, 0.3) is 0 Å². The van der Waals surface area contributed by atoms with E-state index >= 15 is 0 Å². The van der Waals surface area contributed by atoms with Gasteiger partial charge in [0.05, 0.1) is 30.2 Å². The molecule has 1 amide bonds. The van der Waals surface area contributed by atoms with Gasteiger partial charge in [-0.25, -0.2) is 4.98 Å². The van der Waals surface area contributed by atoms with Crippen LogP contribution in [0.25, 0.3) is 0 Å². The van der Waals surface area contributed by atoms with E-state index in [1.54, 1.807) is 17.4 Å². The van der Waals surface area contributed by atoms with Gasteiger partial charge >= 0.3 is 5.97 Å². The molecular formula is C15H23N3O3. The van der Waals surface area contributed by atoms with Crippen LogP contribution in [0.2, 0.25) is 0 Å². The Balaban J connectivity index is 2.44. The molecule has 0 aromatic carbocycles. The molecule has 0 radical (unpaired) electrons. The summed E-state index contributed by atoms with van der Waals surface area (Å²) in [5, 5.41) is 9.47. The maximum Gasteiger partial charge on any atom is 0.309 e. The van der Waals surface area contributed by atoms with E-state index in [9.17, 15) is 14.7 Å². The highest BCUT2D eigenvalue weighted by atomic mass is 16.4. The molecule has 1 aromatic rings. The van der Waals surface area contributed by atoms with E-state index < -0.39 is 17.9 Å². The van der Waals surface area contributed by atoms with Crippen LogP contribution < -0.4 is 0 Å². The van der Waals surface area contributed by atoms with E-state index in [-0.39, 0.29) is 18.4 Å². The Morgan fingerprint density at radius 2 is 2.10 bits per heavy atom. The van der Waals surface area contributed by atoms with Gasteiger partial charge in [0.1, 0.15) is 0 Å². The van der Waals surface area contributed by atoms with Crippen LogP contribution in [-0.4, -0.2) is 38.0 Å². The highest BCUT2D eigenvalue weighted by molar-refractivity contribution is 5.87. The van der Waals surface area contributed by atoms with Gasteiger partial charge in [0.2, 0.25) is 5.91 Å². The van der Waals surface area contributed by atoms with Gasteiger partial charge in [-0.1, -0.05) is 13.8 Å². The fourth-order valence-corrected chi connectivity index (χ4v) is 2.96. The molecule has 0 aliphatic carbocycles. The number of amides is 1. The Morgan fingerprint density at radius 3 is 2.62 bits per heavy atom. The Hall–Kier alpha value is -1.85. The van der Waals surface area contributed by atoms with E-state index in [0.717, 1.165) is 5.69 Å². The average molecular weight is 293 g/mol. The third-order valence-corrected chi connectivity index (χ3v) is 3.87. The number of carbonyl (C=O) groups excluding carboxylic acids is 1. The third-order valence-electron chi connectivity index (χ3n) is 3.87. The van der Waals surface area contributed by atoms with Crippen molar-refractivity contribution in [2.24, 2.45) is 11.8 Å². The van der Waals surface area contributed by atoms with E-state index in [1.807, 2.05) is 32.3 Å². The molecule has 2 unspecified atom stereocenters. The molecule has 1 aliphatic rings. The normalized spacial score (nSPS) is 22.6. The van der Waals surface area contributed by atoms with Crippen LogP contribution >= 0.6 is 0 Å². The monoisotopic (exact) mass is 293 g/mol. The molecule has 1 aromatic heterocycles. The van der Waals surface area contributed by atoms with E-state index in [1.165, 1.54) is 0 Å². The van der Waals surface area contributed by atoms with Crippen molar-refractivity contribution < 1.29 is 14.7 Å². The van der Waals surface area contributed by atoms with Crippen molar-refractivity contribution in [3.8, 4) is 0 Å². The zero-order chi connectivity index (χ0) is 15.7. The highest BCUT2D eigenvalue weighted by Gasteiger charge is 2.46. The first-order valence-corrected chi connectivity index (χ1v) is 7.37. The van der Waals surface area contributed by atoms with Crippen molar-refractivity contribution in [3.05, 3.63) is 18.2 Å². The van der Waals surface area contributed by atoms with Crippen molar-refractivity contribution in [2.45, 2.75) is 46.2 Å². The zero-order valence-electron chi connectivity index (χ0n) is 13.0. The van der Waals surface area contributed by atoms with Gasteiger partial charge in [-0.05, 0) is 19.8 Å². The fraction of sp³-hybridized carbons (Fsp3) is 0.667. The summed E-state index contributed by atoms with van der Waals surface area (Å²) in [4.78, 5) is 29.7. The van der Waals surface area contributed by atoms with Gasteiger partial charge in [-0.3, -0.25) is 9.59 Å². The van der Waals surface area contributed by atoms with Gasteiger partial charge in [-0.15, -0.1) is 0 Å². The molecule has 1 saturated heterocycles. The van der Waals surface area contributed by atoms with Crippen molar-refractivity contribution in [3.63, 3.8) is 0 Å². The van der Waals surface area contributed by atoms with Crippen molar-refractivity contribution in [1.29, 1.82) is 0 Å². The number of nitrogens with zero attached hydrogens (tertiary/aromatic N) is 3. The fourth-order valence-electron chi connectivity index (χ4n) is 2.96.